The van der Waals surface area contributed by atoms with Crippen LogP contribution in [0.1, 0.15) is 0 Å². The SMILES string of the molecule is c1cnc2cc3sccc3cc2c1. The predicted molar refractivity (Wildman–Crippen MR) is 57.1 cm³/mol. The molecule has 0 saturated heterocycles. The Labute approximate surface area is 79.7 Å². The van der Waals surface area contributed by atoms with Gasteiger partial charge in [0.25, 0.3) is 0 Å². The lowest BCUT2D eigenvalue weighted by atomic mass is 10.2. The first-order valence-electron chi connectivity index (χ1n) is 4.15. The van der Waals surface area contributed by atoms with E-state index >= 15 is 0 Å². The molecule has 1 aromatic carbocycles. The van der Waals surface area contributed by atoms with Gasteiger partial charge in [0, 0.05) is 16.3 Å². The zero-order valence-electron chi connectivity index (χ0n) is 6.90. The number of fused-ring (bicyclic) bond motifs is 2. The third-order valence-electron chi connectivity index (χ3n) is 2.18. The highest BCUT2D eigenvalue weighted by atomic mass is 32.1. The maximum Gasteiger partial charge on any atom is 0.0716 e. The van der Waals surface area contributed by atoms with Gasteiger partial charge in [0.2, 0.25) is 0 Å². The van der Waals surface area contributed by atoms with E-state index in [0.717, 1.165) is 5.52 Å². The summed E-state index contributed by atoms with van der Waals surface area (Å²) in [5.41, 5.74) is 1.08. The van der Waals surface area contributed by atoms with Crippen LogP contribution in [0.2, 0.25) is 0 Å². The van der Waals surface area contributed by atoms with Crippen LogP contribution in [0, 0.1) is 0 Å². The van der Waals surface area contributed by atoms with E-state index < -0.39 is 0 Å². The van der Waals surface area contributed by atoms with Crippen molar-refractivity contribution in [3.05, 3.63) is 41.9 Å². The Morgan fingerprint density at radius 3 is 3.08 bits per heavy atom. The summed E-state index contributed by atoms with van der Waals surface area (Å²) in [4.78, 5) is 4.32. The maximum atomic E-state index is 4.32. The minimum Gasteiger partial charge on any atom is -0.256 e. The van der Waals surface area contributed by atoms with Gasteiger partial charge in [0.1, 0.15) is 0 Å². The van der Waals surface area contributed by atoms with Gasteiger partial charge in [-0.25, -0.2) is 0 Å². The molecule has 2 heterocycles. The average molecular weight is 185 g/mol. The summed E-state index contributed by atoms with van der Waals surface area (Å²) in [7, 11) is 0. The second-order valence-electron chi connectivity index (χ2n) is 3.01. The first kappa shape index (κ1) is 7.04. The summed E-state index contributed by atoms with van der Waals surface area (Å²) in [6.45, 7) is 0. The summed E-state index contributed by atoms with van der Waals surface area (Å²) in [6.07, 6.45) is 1.84. The fourth-order valence-electron chi connectivity index (χ4n) is 1.53. The summed E-state index contributed by atoms with van der Waals surface area (Å²) in [5, 5.41) is 4.64. The summed E-state index contributed by atoms with van der Waals surface area (Å²) >= 11 is 1.76. The first-order valence-corrected chi connectivity index (χ1v) is 5.03. The van der Waals surface area contributed by atoms with Gasteiger partial charge in [-0.1, -0.05) is 6.07 Å². The first-order chi connectivity index (χ1) is 6.43. The maximum absolute atomic E-state index is 4.32. The normalized spacial score (nSPS) is 11.1. The number of pyridine rings is 1. The van der Waals surface area contributed by atoms with Crippen molar-refractivity contribution in [1.82, 2.24) is 4.98 Å². The van der Waals surface area contributed by atoms with E-state index in [1.807, 2.05) is 12.3 Å². The number of nitrogens with zero attached hydrogens (tertiary/aromatic N) is 1. The lowest BCUT2D eigenvalue weighted by Crippen LogP contribution is -1.75. The molecule has 2 heteroatoms. The summed E-state index contributed by atoms with van der Waals surface area (Å²) in [5.74, 6) is 0. The number of hydrogen-bond acceptors (Lipinski definition) is 2. The second kappa shape index (κ2) is 2.54. The van der Waals surface area contributed by atoms with Crippen LogP contribution in [-0.4, -0.2) is 4.98 Å². The predicted octanol–water partition coefficient (Wildman–Crippen LogP) is 3.45. The third kappa shape index (κ3) is 1.03. The van der Waals surface area contributed by atoms with Crippen molar-refractivity contribution < 1.29 is 0 Å². The molecule has 0 aliphatic rings. The molecule has 3 rings (SSSR count). The molecule has 13 heavy (non-hydrogen) atoms. The van der Waals surface area contributed by atoms with Gasteiger partial charge < -0.3 is 0 Å². The van der Waals surface area contributed by atoms with Crippen LogP contribution in [0.3, 0.4) is 0 Å². The van der Waals surface area contributed by atoms with Crippen LogP contribution >= 0.6 is 11.3 Å². The third-order valence-corrected chi connectivity index (χ3v) is 3.06. The fraction of sp³-hybridized carbons (Fsp3) is 0. The molecule has 0 fully saturated rings. The zero-order chi connectivity index (χ0) is 8.67. The number of aromatic nitrogens is 1. The van der Waals surface area contributed by atoms with Gasteiger partial charge >= 0.3 is 0 Å². The van der Waals surface area contributed by atoms with E-state index in [9.17, 15) is 0 Å². The topological polar surface area (TPSA) is 12.9 Å². The largest absolute Gasteiger partial charge is 0.256 e. The van der Waals surface area contributed by atoms with Crippen LogP contribution in [0.5, 0.6) is 0 Å². The zero-order valence-corrected chi connectivity index (χ0v) is 7.71. The number of rotatable bonds is 0. The molecule has 2 aromatic heterocycles. The van der Waals surface area contributed by atoms with Gasteiger partial charge in [0.05, 0.1) is 5.52 Å². The molecule has 0 spiro atoms. The Morgan fingerprint density at radius 2 is 2.08 bits per heavy atom. The van der Waals surface area contributed by atoms with Gasteiger partial charge in [0.15, 0.2) is 0 Å². The molecule has 62 valence electrons. The monoisotopic (exact) mass is 185 g/mol. The standard InChI is InChI=1S/C11H7NS/c1-2-8-6-9-3-5-13-11(9)7-10(8)12-4-1/h1-7H. The lowest BCUT2D eigenvalue weighted by molar-refractivity contribution is 1.42. The van der Waals surface area contributed by atoms with E-state index in [-0.39, 0.29) is 0 Å². The Hall–Kier alpha value is -1.41. The van der Waals surface area contributed by atoms with Gasteiger partial charge in [-0.3, -0.25) is 4.98 Å². The molecule has 0 aliphatic carbocycles. The van der Waals surface area contributed by atoms with Crippen LogP contribution in [-0.2, 0) is 0 Å². The van der Waals surface area contributed by atoms with Crippen LogP contribution in [0.25, 0.3) is 21.0 Å². The average Bonchev–Trinajstić information content (AvgIpc) is 2.61. The lowest BCUT2D eigenvalue weighted by Gasteiger charge is -1.95. The quantitative estimate of drug-likeness (QED) is 0.522. The van der Waals surface area contributed by atoms with Crippen molar-refractivity contribution in [2.24, 2.45) is 0 Å². The molecule has 3 aromatic rings. The van der Waals surface area contributed by atoms with E-state index in [0.29, 0.717) is 0 Å². The molecule has 0 atom stereocenters. The van der Waals surface area contributed by atoms with Gasteiger partial charge in [-0.2, -0.15) is 0 Å². The molecule has 0 saturated carbocycles. The highest BCUT2D eigenvalue weighted by Gasteiger charge is 1.98. The Balaban J connectivity index is 2.57. The molecule has 0 radical (unpaired) electrons. The molecule has 1 nitrogen and oxygen atoms in total. The molecule has 0 amide bonds. The fourth-order valence-corrected chi connectivity index (χ4v) is 2.34. The van der Waals surface area contributed by atoms with Gasteiger partial charge in [-0.15, -0.1) is 11.3 Å². The number of hydrogen-bond donors (Lipinski definition) is 0. The van der Waals surface area contributed by atoms with Crippen molar-refractivity contribution in [3.63, 3.8) is 0 Å². The van der Waals surface area contributed by atoms with Crippen molar-refractivity contribution in [2.75, 3.05) is 0 Å². The van der Waals surface area contributed by atoms with Crippen LogP contribution < -0.4 is 0 Å². The highest BCUT2D eigenvalue weighted by Crippen LogP contribution is 2.25. The van der Waals surface area contributed by atoms with Crippen molar-refractivity contribution >= 4 is 32.3 Å². The minimum atomic E-state index is 1.08. The Morgan fingerprint density at radius 1 is 1.08 bits per heavy atom. The smallest absolute Gasteiger partial charge is 0.0716 e. The molecule has 0 N–H and O–H groups in total. The molecular weight excluding hydrogens is 178 g/mol. The second-order valence-corrected chi connectivity index (χ2v) is 3.95. The Bertz CT molecular complexity index is 519. The van der Waals surface area contributed by atoms with Crippen LogP contribution in [0.4, 0.5) is 0 Å². The molecule has 0 bridgehead atoms. The van der Waals surface area contributed by atoms with Crippen LogP contribution in [0.15, 0.2) is 41.9 Å². The minimum absolute atomic E-state index is 1.08. The summed E-state index contributed by atoms with van der Waals surface area (Å²) in [6, 6.07) is 10.6. The van der Waals surface area contributed by atoms with E-state index in [1.54, 1.807) is 11.3 Å². The molecule has 0 unspecified atom stereocenters. The number of benzene rings is 1. The number of thiophene rings is 1. The van der Waals surface area contributed by atoms with E-state index in [2.05, 4.69) is 34.6 Å². The molecule has 0 aliphatic heterocycles. The Kier molecular flexibility index (Phi) is 1.37. The van der Waals surface area contributed by atoms with E-state index in [4.69, 9.17) is 0 Å². The van der Waals surface area contributed by atoms with Crippen molar-refractivity contribution in [3.8, 4) is 0 Å². The highest BCUT2D eigenvalue weighted by molar-refractivity contribution is 7.17. The summed E-state index contributed by atoms with van der Waals surface area (Å²) < 4.78 is 1.31. The van der Waals surface area contributed by atoms with Crippen molar-refractivity contribution in [2.45, 2.75) is 0 Å². The van der Waals surface area contributed by atoms with E-state index in [1.165, 1.54) is 15.5 Å². The van der Waals surface area contributed by atoms with Gasteiger partial charge in [-0.05, 0) is 35.0 Å². The molecular formula is C11H7NS. The van der Waals surface area contributed by atoms with Crippen molar-refractivity contribution in [1.29, 1.82) is 0 Å².